The Bertz CT molecular complexity index is 746. The van der Waals surface area contributed by atoms with Gasteiger partial charge in [0.1, 0.15) is 0 Å². The number of fused-ring (bicyclic) bond motifs is 1. The summed E-state index contributed by atoms with van der Waals surface area (Å²) >= 11 is 0. The first-order valence-electron chi connectivity index (χ1n) is 5.75. The van der Waals surface area contributed by atoms with Crippen molar-refractivity contribution in [3.63, 3.8) is 0 Å². The van der Waals surface area contributed by atoms with Crippen molar-refractivity contribution in [2.45, 2.75) is 18.7 Å². The molecule has 0 bridgehead atoms. The van der Waals surface area contributed by atoms with Crippen LogP contribution in [-0.4, -0.2) is 27.4 Å². The number of benzene rings is 1. The number of hydrogen-bond acceptors (Lipinski definition) is 5. The van der Waals surface area contributed by atoms with Gasteiger partial charge in [-0.1, -0.05) is 0 Å². The van der Waals surface area contributed by atoms with Gasteiger partial charge in [0.15, 0.2) is 0 Å². The van der Waals surface area contributed by atoms with Crippen molar-refractivity contribution in [3.05, 3.63) is 34.2 Å². The second kappa shape index (κ2) is 4.75. The lowest BCUT2D eigenvalue weighted by molar-refractivity contribution is -0.112. The van der Waals surface area contributed by atoms with E-state index in [-0.39, 0.29) is 26.6 Å². The Balaban J connectivity index is 2.70. The van der Waals surface area contributed by atoms with Gasteiger partial charge in [0.05, 0.1) is 28.2 Å². The molecule has 0 aromatic heterocycles. The maximum atomic E-state index is 12.4. The number of allylic oxidation sites excluding steroid dienone is 1. The Morgan fingerprint density at radius 3 is 2.50 bits per heavy atom. The van der Waals surface area contributed by atoms with E-state index in [0.29, 0.717) is 0 Å². The van der Waals surface area contributed by atoms with Gasteiger partial charge >= 0.3 is 5.97 Å². The van der Waals surface area contributed by atoms with Crippen LogP contribution in [0.5, 0.6) is 0 Å². The number of hydrogen-bond donors (Lipinski definition) is 1. The molecule has 0 aliphatic carbocycles. The highest BCUT2D eigenvalue weighted by Crippen LogP contribution is 2.32. The van der Waals surface area contributed by atoms with Gasteiger partial charge in [0.25, 0.3) is 5.91 Å². The SMILES string of the molecule is COC(=O)c1ccc2c(c1)NC(=O)C(C)=C(C)S2(=O)=O. The van der Waals surface area contributed by atoms with Crippen LogP contribution in [0.3, 0.4) is 0 Å². The van der Waals surface area contributed by atoms with Crippen molar-refractivity contribution in [2.75, 3.05) is 12.4 Å². The van der Waals surface area contributed by atoms with E-state index in [9.17, 15) is 18.0 Å². The zero-order valence-electron chi connectivity index (χ0n) is 11.2. The van der Waals surface area contributed by atoms with E-state index >= 15 is 0 Å². The lowest BCUT2D eigenvalue weighted by Gasteiger charge is -2.09. The minimum Gasteiger partial charge on any atom is -0.465 e. The van der Waals surface area contributed by atoms with E-state index < -0.39 is 21.7 Å². The van der Waals surface area contributed by atoms with Crippen LogP contribution in [0.4, 0.5) is 5.69 Å². The number of carbonyl (C=O) groups is 2. The zero-order valence-corrected chi connectivity index (χ0v) is 12.0. The maximum Gasteiger partial charge on any atom is 0.337 e. The molecule has 2 rings (SSSR count). The van der Waals surface area contributed by atoms with Gasteiger partial charge < -0.3 is 10.1 Å². The van der Waals surface area contributed by atoms with Crippen molar-refractivity contribution in [2.24, 2.45) is 0 Å². The molecule has 1 N–H and O–H groups in total. The monoisotopic (exact) mass is 295 g/mol. The second-order valence-electron chi connectivity index (χ2n) is 4.34. The van der Waals surface area contributed by atoms with Gasteiger partial charge in [-0.3, -0.25) is 4.79 Å². The summed E-state index contributed by atoms with van der Waals surface area (Å²) in [6.45, 7) is 2.82. The summed E-state index contributed by atoms with van der Waals surface area (Å²) in [7, 11) is -2.52. The fraction of sp³-hybridized carbons (Fsp3) is 0.231. The van der Waals surface area contributed by atoms with Gasteiger partial charge in [-0.05, 0) is 32.0 Å². The van der Waals surface area contributed by atoms with E-state index in [1.165, 1.54) is 39.2 Å². The van der Waals surface area contributed by atoms with Gasteiger partial charge in [0.2, 0.25) is 9.84 Å². The number of ether oxygens (including phenoxy) is 1. The molecular weight excluding hydrogens is 282 g/mol. The normalized spacial score (nSPS) is 17.1. The van der Waals surface area contributed by atoms with Crippen LogP contribution in [0.25, 0.3) is 0 Å². The molecule has 1 aromatic rings. The highest BCUT2D eigenvalue weighted by molar-refractivity contribution is 7.95. The first kappa shape index (κ1) is 14.3. The Morgan fingerprint density at radius 1 is 1.25 bits per heavy atom. The molecule has 20 heavy (non-hydrogen) atoms. The molecule has 1 amide bonds. The minimum atomic E-state index is -3.74. The van der Waals surface area contributed by atoms with Crippen LogP contribution in [0.1, 0.15) is 24.2 Å². The predicted octanol–water partition coefficient (Wildman–Crippen LogP) is 1.49. The molecular formula is C13H13NO5S. The molecule has 6 nitrogen and oxygen atoms in total. The van der Waals surface area contributed by atoms with Gasteiger partial charge in [0, 0.05) is 5.57 Å². The highest BCUT2D eigenvalue weighted by atomic mass is 32.2. The standard InChI is InChI=1S/C13H13NO5S/c1-7-8(2)20(17,18)11-5-4-9(13(16)19-3)6-10(11)14-12(7)15/h4-6H,1-3H3,(H,14,15). The van der Waals surface area contributed by atoms with E-state index in [2.05, 4.69) is 10.1 Å². The van der Waals surface area contributed by atoms with Crippen LogP contribution >= 0.6 is 0 Å². The average molecular weight is 295 g/mol. The summed E-state index contributed by atoms with van der Waals surface area (Å²) < 4.78 is 29.3. The Hall–Kier alpha value is -2.15. The molecule has 0 atom stereocenters. The molecule has 0 saturated carbocycles. The summed E-state index contributed by atoms with van der Waals surface area (Å²) in [6.07, 6.45) is 0. The molecule has 1 heterocycles. The number of anilines is 1. The lowest BCUT2D eigenvalue weighted by atomic mass is 10.2. The van der Waals surface area contributed by atoms with Crippen LogP contribution in [0.15, 0.2) is 33.6 Å². The average Bonchev–Trinajstić information content (AvgIpc) is 2.49. The molecule has 1 aliphatic heterocycles. The number of carbonyl (C=O) groups excluding carboxylic acids is 2. The fourth-order valence-corrected chi connectivity index (χ4v) is 3.32. The van der Waals surface area contributed by atoms with E-state index in [0.717, 1.165) is 0 Å². The summed E-state index contributed by atoms with van der Waals surface area (Å²) in [5.41, 5.74) is 0.369. The maximum absolute atomic E-state index is 12.4. The number of rotatable bonds is 1. The van der Waals surface area contributed by atoms with E-state index in [1.807, 2.05) is 0 Å². The summed E-state index contributed by atoms with van der Waals surface area (Å²) in [5.74, 6) is -1.11. The fourth-order valence-electron chi connectivity index (χ4n) is 1.85. The molecule has 0 radical (unpaired) electrons. The van der Waals surface area contributed by atoms with Gasteiger partial charge in [-0.15, -0.1) is 0 Å². The third-order valence-electron chi connectivity index (χ3n) is 3.21. The number of esters is 1. The van der Waals surface area contributed by atoms with Crippen LogP contribution in [-0.2, 0) is 19.4 Å². The van der Waals surface area contributed by atoms with Gasteiger partial charge in [-0.2, -0.15) is 0 Å². The number of methoxy groups -OCH3 is 1. The third-order valence-corrected chi connectivity index (χ3v) is 5.26. The highest BCUT2D eigenvalue weighted by Gasteiger charge is 2.29. The van der Waals surface area contributed by atoms with Crippen molar-refractivity contribution < 1.29 is 22.7 Å². The smallest absolute Gasteiger partial charge is 0.337 e. The summed E-state index contributed by atoms with van der Waals surface area (Å²) in [4.78, 5) is 23.3. The van der Waals surface area contributed by atoms with Crippen molar-refractivity contribution >= 4 is 27.4 Å². The van der Waals surface area contributed by atoms with Crippen molar-refractivity contribution in [3.8, 4) is 0 Å². The largest absolute Gasteiger partial charge is 0.465 e. The number of nitrogens with one attached hydrogen (secondary N) is 1. The van der Waals surface area contributed by atoms with E-state index in [4.69, 9.17) is 0 Å². The zero-order chi connectivity index (χ0) is 15.1. The molecule has 0 saturated heterocycles. The Morgan fingerprint density at radius 2 is 1.90 bits per heavy atom. The Labute approximate surface area is 116 Å². The van der Waals surface area contributed by atoms with Crippen molar-refractivity contribution in [1.82, 2.24) is 0 Å². The van der Waals surface area contributed by atoms with Crippen LogP contribution < -0.4 is 5.32 Å². The predicted molar refractivity (Wildman–Crippen MR) is 72.0 cm³/mol. The molecule has 1 aliphatic rings. The Kier molecular flexibility index (Phi) is 3.39. The molecule has 7 heteroatoms. The van der Waals surface area contributed by atoms with Crippen LogP contribution in [0.2, 0.25) is 0 Å². The third kappa shape index (κ3) is 2.09. The van der Waals surface area contributed by atoms with E-state index in [1.54, 1.807) is 0 Å². The molecule has 0 fully saturated rings. The second-order valence-corrected chi connectivity index (χ2v) is 6.40. The van der Waals surface area contributed by atoms with Gasteiger partial charge in [-0.25, -0.2) is 13.2 Å². The lowest BCUT2D eigenvalue weighted by Crippen LogP contribution is -2.13. The number of sulfone groups is 1. The molecule has 0 unspecified atom stereocenters. The summed E-state index contributed by atoms with van der Waals surface area (Å²) in [6, 6.07) is 3.93. The number of amides is 1. The quantitative estimate of drug-likeness (QED) is 0.793. The first-order valence-corrected chi connectivity index (χ1v) is 7.23. The minimum absolute atomic E-state index is 0.000400. The summed E-state index contributed by atoms with van der Waals surface area (Å²) in [5, 5.41) is 2.49. The molecule has 106 valence electrons. The first-order chi connectivity index (χ1) is 9.28. The van der Waals surface area contributed by atoms with Crippen molar-refractivity contribution in [1.29, 1.82) is 0 Å². The molecule has 0 spiro atoms. The molecule has 1 aromatic carbocycles. The topological polar surface area (TPSA) is 89.5 Å². The van der Waals surface area contributed by atoms with Crippen LogP contribution in [0, 0.1) is 0 Å².